The highest BCUT2D eigenvalue weighted by atomic mass is 19.1. The van der Waals surface area contributed by atoms with E-state index in [1.807, 2.05) is 41.1 Å². The summed E-state index contributed by atoms with van der Waals surface area (Å²) >= 11 is 0. The zero-order chi connectivity index (χ0) is 25.2. The van der Waals surface area contributed by atoms with E-state index in [1.54, 1.807) is 6.07 Å². The number of nitrogens with zero attached hydrogens (tertiary/aromatic N) is 3. The van der Waals surface area contributed by atoms with Gasteiger partial charge in [0.1, 0.15) is 0 Å². The Morgan fingerprint density at radius 1 is 1.06 bits per heavy atom. The van der Waals surface area contributed by atoms with E-state index in [4.69, 9.17) is 10.4 Å². The molecule has 182 valence electrons. The standard InChI is InChI=1S/C28H24F2N4O2/c29-24-11-22(12-25(30)27(24)35)28(36)32-15-17-4-8-23(9-5-17)34-16-21-7-6-20(13-26(21)33-34)19-3-1-2-18(10-19)14-31/h1-3,6-7,10-13,16-17,23,35H,4-5,8-9,15H2,(H,32,36)/t17-,23-. The summed E-state index contributed by atoms with van der Waals surface area (Å²) in [6, 6.07) is 17.7. The first-order chi connectivity index (χ1) is 17.4. The molecule has 0 atom stereocenters. The second-order valence-electron chi connectivity index (χ2n) is 9.25. The third-order valence-corrected chi connectivity index (χ3v) is 6.87. The van der Waals surface area contributed by atoms with Gasteiger partial charge >= 0.3 is 0 Å². The molecule has 1 fully saturated rings. The van der Waals surface area contributed by atoms with Crippen LogP contribution in [-0.4, -0.2) is 27.3 Å². The topological polar surface area (TPSA) is 90.9 Å². The van der Waals surface area contributed by atoms with Crippen LogP contribution in [0, 0.1) is 28.9 Å². The number of nitriles is 1. The minimum atomic E-state index is -1.16. The van der Waals surface area contributed by atoms with E-state index >= 15 is 0 Å². The summed E-state index contributed by atoms with van der Waals surface area (Å²) in [6.07, 6.45) is 5.67. The van der Waals surface area contributed by atoms with Gasteiger partial charge in [0.25, 0.3) is 5.91 Å². The Balaban J connectivity index is 1.20. The molecular formula is C28H24F2N4O2. The lowest BCUT2D eigenvalue weighted by Gasteiger charge is -2.28. The molecule has 0 saturated heterocycles. The summed E-state index contributed by atoms with van der Waals surface area (Å²) < 4.78 is 29.1. The fourth-order valence-corrected chi connectivity index (χ4v) is 4.82. The number of halogens is 2. The van der Waals surface area contributed by atoms with Crippen molar-refractivity contribution in [2.24, 2.45) is 5.92 Å². The average molecular weight is 487 g/mol. The second-order valence-corrected chi connectivity index (χ2v) is 9.25. The zero-order valence-corrected chi connectivity index (χ0v) is 19.4. The van der Waals surface area contributed by atoms with E-state index in [1.165, 1.54) is 0 Å². The Labute approximate surface area is 206 Å². The molecule has 1 aliphatic rings. The number of hydrogen-bond donors (Lipinski definition) is 2. The molecule has 0 unspecified atom stereocenters. The van der Waals surface area contributed by atoms with Crippen molar-refractivity contribution in [3.8, 4) is 22.9 Å². The molecule has 2 N–H and O–H groups in total. The molecule has 1 amide bonds. The lowest BCUT2D eigenvalue weighted by Crippen LogP contribution is -2.31. The maximum absolute atomic E-state index is 13.5. The number of phenolic OH excluding ortho intramolecular Hbond substituents is 1. The number of hydrogen-bond acceptors (Lipinski definition) is 4. The van der Waals surface area contributed by atoms with Crippen LogP contribution in [0.15, 0.2) is 60.8 Å². The molecule has 1 aromatic heterocycles. The van der Waals surface area contributed by atoms with Gasteiger partial charge in [0.15, 0.2) is 17.4 Å². The Kier molecular flexibility index (Phi) is 6.38. The number of amides is 1. The number of rotatable bonds is 5. The van der Waals surface area contributed by atoms with Crippen molar-refractivity contribution in [1.82, 2.24) is 15.1 Å². The number of aromatic hydroxyl groups is 1. The highest BCUT2D eigenvalue weighted by Crippen LogP contribution is 2.33. The first kappa shape index (κ1) is 23.5. The Morgan fingerprint density at radius 2 is 1.78 bits per heavy atom. The van der Waals surface area contributed by atoms with Gasteiger partial charge in [-0.1, -0.05) is 24.3 Å². The first-order valence-corrected chi connectivity index (χ1v) is 11.9. The SMILES string of the molecule is N#Cc1cccc(-c2ccc3cn([C@H]4CC[C@H](CNC(=O)c5cc(F)c(O)c(F)c5)CC4)nc3c2)c1. The maximum atomic E-state index is 13.5. The van der Waals surface area contributed by atoms with Gasteiger partial charge in [0.2, 0.25) is 0 Å². The van der Waals surface area contributed by atoms with Gasteiger partial charge in [-0.25, -0.2) is 8.78 Å². The Morgan fingerprint density at radius 3 is 2.50 bits per heavy atom. The number of fused-ring (bicyclic) bond motifs is 1. The first-order valence-electron chi connectivity index (χ1n) is 11.9. The van der Waals surface area contributed by atoms with Crippen LogP contribution in [0.2, 0.25) is 0 Å². The van der Waals surface area contributed by atoms with E-state index in [0.717, 1.165) is 59.8 Å². The van der Waals surface area contributed by atoms with E-state index in [0.29, 0.717) is 12.1 Å². The van der Waals surface area contributed by atoms with Crippen LogP contribution in [0.1, 0.15) is 47.6 Å². The molecule has 0 bridgehead atoms. The number of carbonyl (C=O) groups excluding carboxylic acids is 1. The lowest BCUT2D eigenvalue weighted by molar-refractivity contribution is 0.0940. The summed E-state index contributed by atoms with van der Waals surface area (Å²) in [7, 11) is 0. The molecule has 0 aliphatic heterocycles. The molecule has 5 rings (SSSR count). The van der Waals surface area contributed by atoms with E-state index in [9.17, 15) is 18.7 Å². The molecule has 3 aromatic carbocycles. The average Bonchev–Trinajstić information content (AvgIpc) is 3.34. The van der Waals surface area contributed by atoms with Crippen molar-refractivity contribution >= 4 is 16.8 Å². The monoisotopic (exact) mass is 486 g/mol. The molecule has 36 heavy (non-hydrogen) atoms. The van der Waals surface area contributed by atoms with Crippen molar-refractivity contribution in [3.05, 3.63) is 83.6 Å². The molecule has 1 saturated carbocycles. The highest BCUT2D eigenvalue weighted by molar-refractivity contribution is 5.94. The molecular weight excluding hydrogens is 462 g/mol. The summed E-state index contributed by atoms with van der Waals surface area (Å²) in [5, 5.41) is 27.0. The van der Waals surface area contributed by atoms with Gasteiger partial charge in [-0.3, -0.25) is 9.48 Å². The van der Waals surface area contributed by atoms with Gasteiger partial charge in [-0.2, -0.15) is 10.4 Å². The number of nitrogens with one attached hydrogen (secondary N) is 1. The van der Waals surface area contributed by atoms with Crippen LogP contribution in [0.25, 0.3) is 22.0 Å². The van der Waals surface area contributed by atoms with Gasteiger partial charge in [0, 0.05) is 23.7 Å². The quantitative estimate of drug-likeness (QED) is 0.378. The molecule has 0 radical (unpaired) electrons. The fraction of sp³-hybridized carbons (Fsp3) is 0.250. The third kappa shape index (κ3) is 4.78. The van der Waals surface area contributed by atoms with Gasteiger partial charge in [-0.15, -0.1) is 0 Å². The summed E-state index contributed by atoms with van der Waals surface area (Å²) in [4.78, 5) is 12.3. The number of benzene rings is 3. The van der Waals surface area contributed by atoms with Gasteiger partial charge in [-0.05, 0) is 73.1 Å². The number of carbonyl (C=O) groups is 1. The van der Waals surface area contributed by atoms with Crippen LogP contribution in [0.5, 0.6) is 5.75 Å². The number of aromatic nitrogens is 2. The van der Waals surface area contributed by atoms with E-state index < -0.39 is 23.3 Å². The van der Waals surface area contributed by atoms with Crippen LogP contribution in [0.4, 0.5) is 8.78 Å². The maximum Gasteiger partial charge on any atom is 0.251 e. The molecule has 4 aromatic rings. The van der Waals surface area contributed by atoms with Crippen LogP contribution < -0.4 is 5.32 Å². The third-order valence-electron chi connectivity index (χ3n) is 6.87. The van der Waals surface area contributed by atoms with Crippen LogP contribution in [0.3, 0.4) is 0 Å². The smallest absolute Gasteiger partial charge is 0.251 e. The van der Waals surface area contributed by atoms with Crippen molar-refractivity contribution in [3.63, 3.8) is 0 Å². The van der Waals surface area contributed by atoms with E-state index in [-0.39, 0.29) is 17.5 Å². The Hall–Kier alpha value is -4.25. The van der Waals surface area contributed by atoms with Crippen molar-refractivity contribution in [1.29, 1.82) is 5.26 Å². The minimum absolute atomic E-state index is 0.154. The second kappa shape index (κ2) is 9.78. The fourth-order valence-electron chi connectivity index (χ4n) is 4.82. The summed E-state index contributed by atoms with van der Waals surface area (Å²) in [5.41, 5.74) is 3.35. The van der Waals surface area contributed by atoms with Gasteiger partial charge < -0.3 is 10.4 Å². The van der Waals surface area contributed by atoms with Gasteiger partial charge in [0.05, 0.1) is 23.2 Å². The zero-order valence-electron chi connectivity index (χ0n) is 19.4. The minimum Gasteiger partial charge on any atom is -0.503 e. The molecule has 0 spiro atoms. The Bertz CT molecular complexity index is 1460. The lowest BCUT2D eigenvalue weighted by atomic mass is 9.86. The molecule has 1 aliphatic carbocycles. The predicted molar refractivity (Wildman–Crippen MR) is 131 cm³/mol. The number of phenols is 1. The van der Waals surface area contributed by atoms with Crippen LogP contribution >= 0.6 is 0 Å². The predicted octanol–water partition coefficient (Wildman–Crippen LogP) is 5.72. The largest absolute Gasteiger partial charge is 0.503 e. The van der Waals surface area contributed by atoms with Crippen molar-refractivity contribution in [2.75, 3.05) is 6.54 Å². The molecule has 6 nitrogen and oxygen atoms in total. The van der Waals surface area contributed by atoms with Crippen LogP contribution in [-0.2, 0) is 0 Å². The highest BCUT2D eigenvalue weighted by Gasteiger charge is 2.24. The normalized spacial score (nSPS) is 17.6. The molecule has 1 heterocycles. The van der Waals surface area contributed by atoms with Crippen molar-refractivity contribution < 1.29 is 18.7 Å². The van der Waals surface area contributed by atoms with Crippen molar-refractivity contribution in [2.45, 2.75) is 31.7 Å². The van der Waals surface area contributed by atoms with E-state index in [2.05, 4.69) is 17.6 Å². The molecule has 8 heteroatoms. The summed E-state index contributed by atoms with van der Waals surface area (Å²) in [6.45, 7) is 0.419. The summed E-state index contributed by atoms with van der Waals surface area (Å²) in [5.74, 6) is -3.70.